The topological polar surface area (TPSA) is 110 Å². The van der Waals surface area contributed by atoms with Gasteiger partial charge >= 0.3 is 11.9 Å². The van der Waals surface area contributed by atoms with Gasteiger partial charge in [-0.25, -0.2) is 4.79 Å². The second-order valence-electron chi connectivity index (χ2n) is 7.27. The molecule has 0 aromatic heterocycles. The molecular formula is C19H25NO6. The van der Waals surface area contributed by atoms with Gasteiger partial charge in [0.15, 0.2) is 5.78 Å². The van der Waals surface area contributed by atoms with Gasteiger partial charge in [-0.15, -0.1) is 0 Å². The number of ketones is 2. The lowest BCUT2D eigenvalue weighted by Crippen LogP contribution is -2.56. The fourth-order valence-electron chi connectivity index (χ4n) is 3.18. The van der Waals surface area contributed by atoms with E-state index in [2.05, 4.69) is 5.32 Å². The van der Waals surface area contributed by atoms with Crippen LogP contribution in [-0.4, -0.2) is 40.8 Å². The zero-order valence-electron chi connectivity index (χ0n) is 15.5. The van der Waals surface area contributed by atoms with Gasteiger partial charge in [-0.05, 0) is 37.0 Å². The maximum Gasteiger partial charge on any atom is 0.351 e. The van der Waals surface area contributed by atoms with Crippen LogP contribution in [0.1, 0.15) is 40.5 Å². The van der Waals surface area contributed by atoms with Crippen molar-refractivity contribution >= 4 is 23.5 Å². The molecule has 0 saturated carbocycles. The molecular weight excluding hydrogens is 338 g/mol. The van der Waals surface area contributed by atoms with Crippen molar-refractivity contribution in [3.05, 3.63) is 23.4 Å². The first-order valence-electron chi connectivity index (χ1n) is 8.82. The van der Waals surface area contributed by atoms with Crippen molar-refractivity contribution in [3.63, 3.8) is 0 Å². The van der Waals surface area contributed by atoms with Crippen molar-refractivity contribution in [2.75, 3.05) is 6.54 Å². The number of carbonyl (C=O) groups is 4. The Bertz CT molecular complexity index is 707. The minimum absolute atomic E-state index is 0.0473. The lowest BCUT2D eigenvalue weighted by molar-refractivity contribution is -0.174. The Morgan fingerprint density at radius 1 is 1.35 bits per heavy atom. The van der Waals surface area contributed by atoms with Crippen LogP contribution in [0.4, 0.5) is 0 Å². The van der Waals surface area contributed by atoms with Crippen molar-refractivity contribution < 1.29 is 29.0 Å². The summed E-state index contributed by atoms with van der Waals surface area (Å²) in [6, 6.07) is 0. The molecule has 1 heterocycles. The van der Waals surface area contributed by atoms with E-state index in [9.17, 15) is 19.2 Å². The maximum atomic E-state index is 12.8. The van der Waals surface area contributed by atoms with Crippen molar-refractivity contribution in [1.82, 2.24) is 5.32 Å². The molecule has 0 aromatic carbocycles. The zero-order chi connectivity index (χ0) is 19.6. The molecule has 0 amide bonds. The molecule has 2 N–H and O–H groups in total. The first-order valence-corrected chi connectivity index (χ1v) is 8.82. The highest BCUT2D eigenvalue weighted by Gasteiger charge is 2.51. The molecule has 7 nitrogen and oxygen atoms in total. The Morgan fingerprint density at radius 3 is 2.58 bits per heavy atom. The fourth-order valence-corrected chi connectivity index (χ4v) is 3.18. The Hall–Kier alpha value is -2.44. The van der Waals surface area contributed by atoms with E-state index in [-0.39, 0.29) is 12.2 Å². The summed E-state index contributed by atoms with van der Waals surface area (Å²) < 4.78 is 5.39. The number of hydrogen-bond donors (Lipinski definition) is 2. The SMILES string of the molecule is CCC(C)CC(C)C(=O)OC1(C)C(=O)C=C2C=C(C(=O)O)NCC2C1=O. The highest BCUT2D eigenvalue weighted by atomic mass is 16.6. The second kappa shape index (κ2) is 7.43. The third-order valence-corrected chi connectivity index (χ3v) is 5.15. The molecule has 1 aliphatic heterocycles. The molecule has 0 bridgehead atoms. The van der Waals surface area contributed by atoms with E-state index in [1.54, 1.807) is 6.92 Å². The number of carboxylic acids is 1. The number of fused-ring (bicyclic) bond motifs is 1. The van der Waals surface area contributed by atoms with E-state index in [1.165, 1.54) is 19.1 Å². The van der Waals surface area contributed by atoms with E-state index in [0.29, 0.717) is 17.9 Å². The molecule has 2 aliphatic rings. The molecule has 2 rings (SSSR count). The van der Waals surface area contributed by atoms with Crippen molar-refractivity contribution in [2.24, 2.45) is 17.8 Å². The number of aliphatic carboxylic acids is 1. The molecule has 0 radical (unpaired) electrons. The van der Waals surface area contributed by atoms with E-state index in [0.717, 1.165) is 6.42 Å². The number of esters is 1. The molecule has 0 aromatic rings. The van der Waals surface area contributed by atoms with E-state index >= 15 is 0 Å². The highest BCUT2D eigenvalue weighted by Crippen LogP contribution is 2.33. The number of ether oxygens (including phenoxy) is 1. The smallest absolute Gasteiger partial charge is 0.351 e. The minimum Gasteiger partial charge on any atom is -0.477 e. The number of allylic oxidation sites excluding steroid dienone is 1. The number of hydrogen-bond acceptors (Lipinski definition) is 6. The highest BCUT2D eigenvalue weighted by molar-refractivity contribution is 6.20. The molecule has 142 valence electrons. The average molecular weight is 363 g/mol. The summed E-state index contributed by atoms with van der Waals surface area (Å²) >= 11 is 0. The van der Waals surface area contributed by atoms with Gasteiger partial charge in [0.05, 0.1) is 11.8 Å². The number of Topliss-reactive ketones (excluding diaryl/α,β-unsaturated/α-hetero) is 1. The Balaban J connectivity index is 2.23. The molecule has 4 atom stereocenters. The summed E-state index contributed by atoms with van der Waals surface area (Å²) in [6.45, 7) is 7.14. The number of rotatable bonds is 6. The van der Waals surface area contributed by atoms with Crippen LogP contribution in [0.5, 0.6) is 0 Å². The van der Waals surface area contributed by atoms with E-state index in [1.807, 2.05) is 13.8 Å². The largest absolute Gasteiger partial charge is 0.477 e. The van der Waals surface area contributed by atoms with Crippen LogP contribution in [0, 0.1) is 17.8 Å². The summed E-state index contributed by atoms with van der Waals surface area (Å²) in [6.07, 6.45) is 4.02. The Kier molecular flexibility index (Phi) is 5.68. The lowest BCUT2D eigenvalue weighted by Gasteiger charge is -2.36. The van der Waals surface area contributed by atoms with Crippen LogP contribution in [0.15, 0.2) is 23.4 Å². The first-order chi connectivity index (χ1) is 12.1. The van der Waals surface area contributed by atoms with Gasteiger partial charge in [-0.1, -0.05) is 27.2 Å². The number of carboxylic acid groups (broad SMARTS) is 1. The summed E-state index contributed by atoms with van der Waals surface area (Å²) in [5.41, 5.74) is -1.61. The molecule has 1 aliphatic carbocycles. The van der Waals surface area contributed by atoms with Crippen LogP contribution in [0.25, 0.3) is 0 Å². The average Bonchev–Trinajstić information content (AvgIpc) is 2.59. The van der Waals surface area contributed by atoms with Gasteiger partial charge in [0, 0.05) is 6.54 Å². The summed E-state index contributed by atoms with van der Waals surface area (Å²) in [7, 11) is 0. The van der Waals surface area contributed by atoms with Crippen LogP contribution in [-0.2, 0) is 23.9 Å². The van der Waals surface area contributed by atoms with Crippen LogP contribution in [0.3, 0.4) is 0 Å². The van der Waals surface area contributed by atoms with E-state index in [4.69, 9.17) is 9.84 Å². The van der Waals surface area contributed by atoms with Crippen LogP contribution < -0.4 is 5.32 Å². The lowest BCUT2D eigenvalue weighted by atomic mass is 9.75. The standard InChI is InChI=1S/C19H25NO6/c1-5-10(2)6-11(3)18(25)26-19(4)15(21)8-12-7-14(17(23)24)20-9-13(12)16(19)22/h7-8,10-11,13,20H,5-6,9H2,1-4H3,(H,23,24). The molecule has 26 heavy (non-hydrogen) atoms. The van der Waals surface area contributed by atoms with Gasteiger partial charge in [-0.3, -0.25) is 14.4 Å². The third kappa shape index (κ3) is 3.71. The molecule has 0 spiro atoms. The summed E-state index contributed by atoms with van der Waals surface area (Å²) in [4.78, 5) is 48.8. The van der Waals surface area contributed by atoms with Crippen molar-refractivity contribution in [2.45, 2.75) is 46.1 Å². The summed E-state index contributed by atoms with van der Waals surface area (Å²) in [5, 5.41) is 11.7. The first kappa shape index (κ1) is 19.9. The predicted molar refractivity (Wildman–Crippen MR) is 93.0 cm³/mol. The molecule has 7 heteroatoms. The van der Waals surface area contributed by atoms with Gasteiger partial charge in [0.25, 0.3) is 0 Å². The molecule has 0 saturated heterocycles. The van der Waals surface area contributed by atoms with E-state index < -0.39 is 40.9 Å². The van der Waals surface area contributed by atoms with Crippen molar-refractivity contribution in [1.29, 1.82) is 0 Å². The second-order valence-corrected chi connectivity index (χ2v) is 7.27. The quantitative estimate of drug-likeness (QED) is 0.545. The Labute approximate surface area is 152 Å². The van der Waals surface area contributed by atoms with Gasteiger partial charge in [-0.2, -0.15) is 0 Å². The zero-order valence-corrected chi connectivity index (χ0v) is 15.5. The van der Waals surface area contributed by atoms with Crippen LogP contribution >= 0.6 is 0 Å². The minimum atomic E-state index is -1.87. The monoisotopic (exact) mass is 363 g/mol. The fraction of sp³-hybridized carbons (Fsp3) is 0.579. The van der Waals surface area contributed by atoms with Gasteiger partial charge < -0.3 is 15.2 Å². The molecule has 4 unspecified atom stereocenters. The van der Waals surface area contributed by atoms with Crippen LogP contribution in [0.2, 0.25) is 0 Å². The normalized spacial score (nSPS) is 27.5. The number of carbonyl (C=O) groups excluding carboxylic acids is 3. The Morgan fingerprint density at radius 2 is 2.00 bits per heavy atom. The summed E-state index contributed by atoms with van der Waals surface area (Å²) in [5.74, 6) is -3.72. The third-order valence-electron chi connectivity index (χ3n) is 5.15. The van der Waals surface area contributed by atoms with Gasteiger partial charge in [0.2, 0.25) is 11.4 Å². The van der Waals surface area contributed by atoms with Gasteiger partial charge in [0.1, 0.15) is 5.70 Å². The van der Waals surface area contributed by atoms with Crippen molar-refractivity contribution in [3.8, 4) is 0 Å². The number of nitrogens with one attached hydrogen (secondary N) is 1. The molecule has 0 fully saturated rings. The maximum absolute atomic E-state index is 12.8. The predicted octanol–water partition coefficient (Wildman–Crippen LogP) is 1.63.